The van der Waals surface area contributed by atoms with Gasteiger partial charge in [-0.1, -0.05) is 66.2 Å². The maximum Gasteiger partial charge on any atom is 0.408 e. The maximum absolute atomic E-state index is 12.7. The zero-order valence-corrected chi connectivity index (χ0v) is 20.2. The van der Waals surface area contributed by atoms with Crippen LogP contribution in [0.15, 0.2) is 102 Å². The van der Waals surface area contributed by atoms with E-state index in [2.05, 4.69) is 28.2 Å². The number of ether oxygens (including phenoxy) is 1. The van der Waals surface area contributed by atoms with Gasteiger partial charge in [0.25, 0.3) is 5.91 Å². The van der Waals surface area contributed by atoms with Crippen molar-refractivity contribution < 1.29 is 14.3 Å². The van der Waals surface area contributed by atoms with Crippen molar-refractivity contribution >= 4 is 41.9 Å². The smallest absolute Gasteiger partial charge is 0.408 e. The predicted molar refractivity (Wildman–Crippen MR) is 139 cm³/mol. The Hall–Kier alpha value is -3.81. The van der Waals surface area contributed by atoms with Crippen molar-refractivity contribution in [1.82, 2.24) is 10.3 Å². The third kappa shape index (κ3) is 6.41. The molecule has 0 bridgehead atoms. The molecule has 0 aliphatic heterocycles. The molecule has 0 radical (unpaired) electrons. The average Bonchev–Trinajstić information content (AvgIpc) is 2.89. The lowest BCUT2D eigenvalue weighted by Crippen LogP contribution is -2.26. The van der Waals surface area contributed by atoms with E-state index < -0.39 is 12.2 Å². The molecule has 0 unspecified atom stereocenters. The van der Waals surface area contributed by atoms with E-state index in [1.165, 1.54) is 0 Å². The molecule has 8 heteroatoms. The Morgan fingerprint density at radius 3 is 2.31 bits per heavy atom. The lowest BCUT2D eigenvalue weighted by molar-refractivity contribution is 0.102. The van der Waals surface area contributed by atoms with Gasteiger partial charge in [-0.25, -0.2) is 4.79 Å². The number of alkyl carbamates (subject to hydrolysis) is 1. The molecule has 2 amide bonds. The zero-order chi connectivity index (χ0) is 24.6. The highest BCUT2D eigenvalue weighted by Gasteiger charge is 2.20. The van der Waals surface area contributed by atoms with Gasteiger partial charge < -0.3 is 15.4 Å². The molecule has 4 rings (SSSR count). The van der Waals surface area contributed by atoms with Gasteiger partial charge in [-0.2, -0.15) is 0 Å². The number of nitrogens with zero attached hydrogens (tertiary/aromatic N) is 1. The van der Waals surface area contributed by atoms with Crippen molar-refractivity contribution in [2.24, 2.45) is 0 Å². The number of benzene rings is 3. The van der Waals surface area contributed by atoms with Gasteiger partial charge in [-0.3, -0.25) is 9.78 Å². The second-order valence-electron chi connectivity index (χ2n) is 7.61. The van der Waals surface area contributed by atoms with Gasteiger partial charge in [0.2, 0.25) is 0 Å². The van der Waals surface area contributed by atoms with Gasteiger partial charge in [0.05, 0.1) is 5.69 Å². The predicted octanol–water partition coefficient (Wildman–Crippen LogP) is 6.29. The van der Waals surface area contributed by atoms with Gasteiger partial charge >= 0.3 is 6.09 Å². The molecule has 0 aliphatic rings. The monoisotopic (exact) mass is 503 g/mol. The third-order valence-electron chi connectivity index (χ3n) is 5.22. The summed E-state index contributed by atoms with van der Waals surface area (Å²) in [5.41, 5.74) is 3.29. The van der Waals surface area contributed by atoms with Gasteiger partial charge in [-0.15, -0.1) is 12.6 Å². The molecule has 0 saturated heterocycles. The van der Waals surface area contributed by atoms with Crippen molar-refractivity contribution in [2.75, 3.05) is 5.32 Å². The summed E-state index contributed by atoms with van der Waals surface area (Å²) in [5, 5.41) is 6.07. The molecule has 0 aliphatic carbocycles. The van der Waals surface area contributed by atoms with Gasteiger partial charge in [0.15, 0.2) is 6.10 Å². The van der Waals surface area contributed by atoms with Crippen molar-refractivity contribution in [3.8, 4) is 0 Å². The number of carbonyl (C=O) groups is 2. The summed E-state index contributed by atoms with van der Waals surface area (Å²) in [6.45, 7) is 0.179. The lowest BCUT2D eigenvalue weighted by Gasteiger charge is -2.19. The molecule has 4 aromatic rings. The van der Waals surface area contributed by atoms with E-state index in [1.807, 2.05) is 42.5 Å². The van der Waals surface area contributed by atoms with Crippen LogP contribution in [0.2, 0.25) is 5.02 Å². The minimum absolute atomic E-state index is 0.179. The fraction of sp³-hybridized carbons (Fsp3) is 0.0741. The van der Waals surface area contributed by atoms with Crippen molar-refractivity contribution in [2.45, 2.75) is 17.5 Å². The Labute approximate surface area is 213 Å². The highest BCUT2D eigenvalue weighted by atomic mass is 35.5. The van der Waals surface area contributed by atoms with Gasteiger partial charge in [-0.05, 0) is 41.5 Å². The van der Waals surface area contributed by atoms with E-state index in [-0.39, 0.29) is 12.5 Å². The SMILES string of the molecule is O=C(NCc1cnccc1Cl)O[C@@H](c1ccccc1)c1ccc(C(=O)Nc2ccccc2S)cc1. The van der Waals surface area contributed by atoms with Crippen LogP contribution in [0.1, 0.15) is 33.2 Å². The van der Waals surface area contributed by atoms with Crippen LogP contribution in [0.5, 0.6) is 0 Å². The van der Waals surface area contributed by atoms with Crippen molar-refractivity contribution in [3.63, 3.8) is 0 Å². The van der Waals surface area contributed by atoms with Crippen LogP contribution >= 0.6 is 24.2 Å². The largest absolute Gasteiger partial charge is 0.436 e. The number of hydrogen-bond acceptors (Lipinski definition) is 5. The molecule has 2 N–H and O–H groups in total. The maximum atomic E-state index is 12.7. The van der Waals surface area contributed by atoms with Gasteiger partial charge in [0.1, 0.15) is 0 Å². The number of para-hydroxylation sites is 1. The van der Waals surface area contributed by atoms with Crippen LogP contribution in [0.3, 0.4) is 0 Å². The van der Waals surface area contributed by atoms with E-state index >= 15 is 0 Å². The van der Waals surface area contributed by atoms with E-state index in [0.717, 1.165) is 11.1 Å². The third-order valence-corrected chi connectivity index (χ3v) is 5.98. The number of halogens is 1. The Morgan fingerprint density at radius 2 is 1.60 bits per heavy atom. The van der Waals surface area contributed by atoms with Crippen molar-refractivity contribution in [3.05, 3.63) is 125 Å². The van der Waals surface area contributed by atoms with Crippen LogP contribution in [-0.4, -0.2) is 17.0 Å². The number of carbonyl (C=O) groups excluding carboxylic acids is 2. The number of hydrogen-bond donors (Lipinski definition) is 3. The molecule has 6 nitrogen and oxygen atoms in total. The molecule has 0 fully saturated rings. The number of pyridine rings is 1. The Morgan fingerprint density at radius 1 is 0.914 bits per heavy atom. The Bertz CT molecular complexity index is 1320. The number of aromatic nitrogens is 1. The first-order valence-electron chi connectivity index (χ1n) is 10.8. The Balaban J connectivity index is 1.49. The number of nitrogens with one attached hydrogen (secondary N) is 2. The molecule has 0 saturated carbocycles. The summed E-state index contributed by atoms with van der Waals surface area (Å²) >= 11 is 10.5. The second-order valence-corrected chi connectivity index (χ2v) is 8.50. The summed E-state index contributed by atoms with van der Waals surface area (Å²) < 4.78 is 5.77. The first-order chi connectivity index (χ1) is 17.0. The van der Waals surface area contributed by atoms with Gasteiger partial charge in [0, 0.05) is 40.0 Å². The lowest BCUT2D eigenvalue weighted by atomic mass is 10.00. The van der Waals surface area contributed by atoms with Crippen LogP contribution < -0.4 is 10.6 Å². The van der Waals surface area contributed by atoms with E-state index in [1.54, 1.807) is 54.9 Å². The standard InChI is InChI=1S/C27H22ClN3O3S/c28-22-14-15-29-16-21(22)17-30-27(33)34-25(18-6-2-1-3-7-18)19-10-12-20(13-11-19)26(32)31-23-8-4-5-9-24(23)35/h1-16,25,35H,17H2,(H,30,33)(H,31,32)/t25-/m0/s1. The topological polar surface area (TPSA) is 80.3 Å². The minimum Gasteiger partial charge on any atom is -0.436 e. The van der Waals surface area contributed by atoms with Crippen LogP contribution in [0, 0.1) is 0 Å². The summed E-state index contributed by atoms with van der Waals surface area (Å²) in [6, 6.07) is 25.2. The molecular weight excluding hydrogens is 482 g/mol. The number of thiol groups is 1. The summed E-state index contributed by atoms with van der Waals surface area (Å²) in [6.07, 6.45) is 1.89. The zero-order valence-electron chi connectivity index (χ0n) is 18.5. The Kier molecular flexibility index (Phi) is 8.03. The van der Waals surface area contributed by atoms with E-state index in [0.29, 0.717) is 26.7 Å². The summed E-state index contributed by atoms with van der Waals surface area (Å²) in [4.78, 5) is 30.0. The summed E-state index contributed by atoms with van der Waals surface area (Å²) in [5.74, 6) is -0.263. The number of amides is 2. The minimum atomic E-state index is -0.671. The van der Waals surface area contributed by atoms with Crippen LogP contribution in [-0.2, 0) is 11.3 Å². The molecule has 1 aromatic heterocycles. The highest BCUT2D eigenvalue weighted by molar-refractivity contribution is 7.80. The first-order valence-corrected chi connectivity index (χ1v) is 11.6. The molecular formula is C27H22ClN3O3S. The van der Waals surface area contributed by atoms with Crippen LogP contribution in [0.4, 0.5) is 10.5 Å². The van der Waals surface area contributed by atoms with Crippen molar-refractivity contribution in [1.29, 1.82) is 0 Å². The average molecular weight is 504 g/mol. The highest BCUT2D eigenvalue weighted by Crippen LogP contribution is 2.27. The second kappa shape index (κ2) is 11.6. The quantitative estimate of drug-likeness (QED) is 0.259. The van der Waals surface area contributed by atoms with E-state index in [9.17, 15) is 9.59 Å². The first kappa shape index (κ1) is 24.3. The molecule has 1 heterocycles. The molecule has 176 valence electrons. The summed E-state index contributed by atoms with van der Waals surface area (Å²) in [7, 11) is 0. The number of anilines is 1. The molecule has 0 spiro atoms. The molecule has 1 atom stereocenters. The van der Waals surface area contributed by atoms with Crippen LogP contribution in [0.25, 0.3) is 0 Å². The molecule has 3 aromatic carbocycles. The van der Waals surface area contributed by atoms with E-state index in [4.69, 9.17) is 16.3 Å². The number of rotatable bonds is 7. The molecule has 35 heavy (non-hydrogen) atoms. The normalized spacial score (nSPS) is 11.4. The fourth-order valence-corrected chi connectivity index (χ4v) is 3.78. The fourth-order valence-electron chi connectivity index (χ4n) is 3.40.